The van der Waals surface area contributed by atoms with Crippen molar-refractivity contribution in [3.05, 3.63) is 42.7 Å². The molecule has 1 aliphatic carbocycles. The molecule has 0 radical (unpaired) electrons. The zero-order valence-corrected chi connectivity index (χ0v) is 13.0. The molecular weight excluding hydrogens is 290 g/mol. The Kier molecular flexibility index (Phi) is 4.02. The predicted octanol–water partition coefficient (Wildman–Crippen LogP) is 2.09. The van der Waals surface area contributed by atoms with Crippen LogP contribution in [0.3, 0.4) is 0 Å². The maximum atomic E-state index is 12.2. The van der Waals surface area contributed by atoms with Gasteiger partial charge in [-0.05, 0) is 43.9 Å². The first-order chi connectivity index (χ1) is 11.1. The SMILES string of the molecule is CC(C#N)(NC(=O)CNc1ccccc1-n1cccn1)C1CC1. The Bertz CT molecular complexity index is 730. The van der Waals surface area contributed by atoms with Gasteiger partial charge in [0.25, 0.3) is 0 Å². The second-order valence-electron chi connectivity index (χ2n) is 5.96. The number of carbonyl (C=O) groups excluding carboxylic acids is 1. The third-order valence-electron chi connectivity index (χ3n) is 4.12. The van der Waals surface area contributed by atoms with Gasteiger partial charge in [0.2, 0.25) is 5.91 Å². The van der Waals surface area contributed by atoms with Crippen molar-refractivity contribution in [1.29, 1.82) is 5.26 Å². The summed E-state index contributed by atoms with van der Waals surface area (Å²) in [5, 5.41) is 19.5. The van der Waals surface area contributed by atoms with Crippen molar-refractivity contribution < 1.29 is 4.79 Å². The standard InChI is InChI=1S/C17H19N5O/c1-17(12-18,13-7-8-13)21-16(23)11-19-14-5-2-3-6-15(14)22-10-4-9-20-22/h2-6,9-10,13,19H,7-8,11H2,1H3,(H,21,23). The van der Waals surface area contributed by atoms with E-state index in [1.807, 2.05) is 36.5 Å². The summed E-state index contributed by atoms with van der Waals surface area (Å²) in [6.07, 6.45) is 5.55. The maximum absolute atomic E-state index is 12.2. The molecule has 3 rings (SSSR count). The first-order valence-electron chi connectivity index (χ1n) is 7.67. The third kappa shape index (κ3) is 3.34. The zero-order chi connectivity index (χ0) is 16.3. The minimum Gasteiger partial charge on any atom is -0.374 e. The average Bonchev–Trinajstić information content (AvgIpc) is 3.29. The van der Waals surface area contributed by atoms with Crippen molar-refractivity contribution in [3.8, 4) is 11.8 Å². The van der Waals surface area contributed by atoms with Crippen molar-refractivity contribution >= 4 is 11.6 Å². The Hall–Kier alpha value is -2.81. The molecule has 1 aromatic heterocycles. The van der Waals surface area contributed by atoms with Gasteiger partial charge in [-0.2, -0.15) is 10.4 Å². The summed E-state index contributed by atoms with van der Waals surface area (Å²) in [4.78, 5) is 12.2. The lowest BCUT2D eigenvalue weighted by Crippen LogP contribution is -2.48. The van der Waals surface area contributed by atoms with Gasteiger partial charge in [-0.3, -0.25) is 4.79 Å². The van der Waals surface area contributed by atoms with E-state index in [4.69, 9.17) is 0 Å². The van der Waals surface area contributed by atoms with Crippen LogP contribution >= 0.6 is 0 Å². The highest BCUT2D eigenvalue weighted by Crippen LogP contribution is 2.39. The fourth-order valence-electron chi connectivity index (χ4n) is 2.63. The molecule has 1 heterocycles. The summed E-state index contributed by atoms with van der Waals surface area (Å²) in [7, 11) is 0. The lowest BCUT2D eigenvalue weighted by atomic mass is 9.98. The second-order valence-corrected chi connectivity index (χ2v) is 5.96. The molecular formula is C17H19N5O. The van der Waals surface area contributed by atoms with Crippen LogP contribution in [0.4, 0.5) is 5.69 Å². The van der Waals surface area contributed by atoms with E-state index in [1.165, 1.54) is 0 Å². The van der Waals surface area contributed by atoms with E-state index in [2.05, 4.69) is 21.8 Å². The fourth-order valence-corrected chi connectivity index (χ4v) is 2.63. The van der Waals surface area contributed by atoms with Gasteiger partial charge in [-0.25, -0.2) is 4.68 Å². The number of carbonyl (C=O) groups is 1. The largest absolute Gasteiger partial charge is 0.374 e. The number of amides is 1. The van der Waals surface area contributed by atoms with E-state index in [0.29, 0.717) is 0 Å². The molecule has 1 aromatic carbocycles. The number of anilines is 1. The smallest absolute Gasteiger partial charge is 0.240 e. The molecule has 0 saturated heterocycles. The molecule has 2 aromatic rings. The van der Waals surface area contributed by atoms with Crippen molar-refractivity contribution in [2.75, 3.05) is 11.9 Å². The molecule has 0 bridgehead atoms. The van der Waals surface area contributed by atoms with Crippen LogP contribution in [-0.4, -0.2) is 27.8 Å². The average molecular weight is 309 g/mol. The summed E-state index contributed by atoms with van der Waals surface area (Å²) in [5.74, 6) is 0.0871. The lowest BCUT2D eigenvalue weighted by Gasteiger charge is -2.23. The van der Waals surface area contributed by atoms with Gasteiger partial charge < -0.3 is 10.6 Å². The molecule has 1 saturated carbocycles. The summed E-state index contributed by atoms with van der Waals surface area (Å²) in [6.45, 7) is 1.91. The molecule has 1 fully saturated rings. The van der Waals surface area contributed by atoms with Crippen LogP contribution in [0.15, 0.2) is 42.7 Å². The Morgan fingerprint density at radius 3 is 2.87 bits per heavy atom. The van der Waals surface area contributed by atoms with Crippen LogP contribution in [0, 0.1) is 17.2 Å². The first-order valence-corrected chi connectivity index (χ1v) is 7.67. The fraction of sp³-hybridized carbons (Fsp3) is 0.353. The van der Waals surface area contributed by atoms with Gasteiger partial charge in [-0.15, -0.1) is 0 Å². The van der Waals surface area contributed by atoms with Crippen LogP contribution in [0.5, 0.6) is 0 Å². The number of hydrogen-bond acceptors (Lipinski definition) is 4. The normalized spacial score (nSPS) is 16.2. The van der Waals surface area contributed by atoms with E-state index in [9.17, 15) is 10.1 Å². The summed E-state index contributed by atoms with van der Waals surface area (Å²) in [6, 6.07) is 11.7. The number of benzene rings is 1. The highest BCUT2D eigenvalue weighted by molar-refractivity contribution is 5.82. The van der Waals surface area contributed by atoms with Crippen LogP contribution in [0.1, 0.15) is 19.8 Å². The van der Waals surface area contributed by atoms with Crippen molar-refractivity contribution in [2.24, 2.45) is 5.92 Å². The zero-order valence-electron chi connectivity index (χ0n) is 13.0. The van der Waals surface area contributed by atoms with Crippen LogP contribution in [-0.2, 0) is 4.79 Å². The number of rotatable bonds is 6. The molecule has 6 heteroatoms. The van der Waals surface area contributed by atoms with Gasteiger partial charge in [0.1, 0.15) is 5.54 Å². The van der Waals surface area contributed by atoms with Crippen molar-refractivity contribution in [1.82, 2.24) is 15.1 Å². The van der Waals surface area contributed by atoms with Crippen molar-refractivity contribution in [2.45, 2.75) is 25.3 Å². The molecule has 23 heavy (non-hydrogen) atoms. The summed E-state index contributed by atoms with van der Waals surface area (Å²) < 4.78 is 1.74. The number of para-hydroxylation sites is 2. The van der Waals surface area contributed by atoms with E-state index in [0.717, 1.165) is 24.2 Å². The van der Waals surface area contributed by atoms with Crippen LogP contribution < -0.4 is 10.6 Å². The number of hydrogen-bond donors (Lipinski definition) is 2. The molecule has 0 aliphatic heterocycles. The van der Waals surface area contributed by atoms with Gasteiger partial charge in [0, 0.05) is 12.4 Å². The molecule has 1 aliphatic rings. The highest BCUT2D eigenvalue weighted by Gasteiger charge is 2.42. The quantitative estimate of drug-likeness (QED) is 0.856. The highest BCUT2D eigenvalue weighted by atomic mass is 16.2. The topological polar surface area (TPSA) is 82.7 Å². The Balaban J connectivity index is 1.65. The first kappa shape index (κ1) is 15.1. The molecule has 1 amide bonds. The van der Waals surface area contributed by atoms with Crippen LogP contribution in [0.25, 0.3) is 5.69 Å². The van der Waals surface area contributed by atoms with Gasteiger partial charge in [0.05, 0.1) is 24.0 Å². The van der Waals surface area contributed by atoms with Gasteiger partial charge in [-0.1, -0.05) is 12.1 Å². The summed E-state index contributed by atoms with van der Waals surface area (Å²) in [5.41, 5.74) is 0.923. The molecule has 1 atom stereocenters. The minimum atomic E-state index is -0.764. The molecule has 2 N–H and O–H groups in total. The monoisotopic (exact) mass is 309 g/mol. The Morgan fingerprint density at radius 2 is 2.22 bits per heavy atom. The Labute approximate surface area is 135 Å². The van der Waals surface area contributed by atoms with Gasteiger partial charge in [0.15, 0.2) is 0 Å². The number of aromatic nitrogens is 2. The summed E-state index contributed by atoms with van der Waals surface area (Å²) >= 11 is 0. The minimum absolute atomic E-state index is 0.113. The number of nitriles is 1. The van der Waals surface area contributed by atoms with Crippen LogP contribution in [0.2, 0.25) is 0 Å². The number of nitrogens with zero attached hydrogens (tertiary/aromatic N) is 3. The predicted molar refractivity (Wildman–Crippen MR) is 86.9 cm³/mol. The Morgan fingerprint density at radius 1 is 1.43 bits per heavy atom. The van der Waals surface area contributed by atoms with Gasteiger partial charge >= 0.3 is 0 Å². The third-order valence-corrected chi connectivity index (χ3v) is 4.12. The maximum Gasteiger partial charge on any atom is 0.240 e. The number of nitrogens with one attached hydrogen (secondary N) is 2. The molecule has 1 unspecified atom stereocenters. The van der Waals surface area contributed by atoms with E-state index in [-0.39, 0.29) is 18.4 Å². The molecule has 0 spiro atoms. The lowest BCUT2D eigenvalue weighted by molar-refractivity contribution is -0.120. The van der Waals surface area contributed by atoms with E-state index < -0.39 is 5.54 Å². The molecule has 118 valence electrons. The second kappa shape index (κ2) is 6.13. The molecule has 6 nitrogen and oxygen atoms in total. The van der Waals surface area contributed by atoms with E-state index in [1.54, 1.807) is 17.8 Å². The van der Waals surface area contributed by atoms with Crippen molar-refractivity contribution in [3.63, 3.8) is 0 Å². The van der Waals surface area contributed by atoms with E-state index >= 15 is 0 Å².